The lowest BCUT2D eigenvalue weighted by Gasteiger charge is -2.14. The molecule has 5 heteroatoms. The number of pyridine rings is 1. The summed E-state index contributed by atoms with van der Waals surface area (Å²) in [6.45, 7) is 8.99. The zero-order chi connectivity index (χ0) is 15.2. The average Bonchev–Trinajstić information content (AvgIpc) is 2.47. The van der Waals surface area contributed by atoms with Crippen molar-refractivity contribution in [2.45, 2.75) is 40.2 Å². The first-order valence-electron chi connectivity index (χ1n) is 7.35. The third-order valence-electron chi connectivity index (χ3n) is 3.00. The average molecular weight is 286 g/mol. The summed E-state index contributed by atoms with van der Waals surface area (Å²) in [5.41, 5.74) is 2.96. The predicted octanol–water partition coefficient (Wildman–Crippen LogP) is 3.32. The Morgan fingerprint density at radius 3 is 2.67 bits per heavy atom. The fourth-order valence-electron chi connectivity index (χ4n) is 2.20. The van der Waals surface area contributed by atoms with Crippen LogP contribution in [0.25, 0.3) is 11.3 Å². The lowest BCUT2D eigenvalue weighted by atomic mass is 10.1. The number of anilines is 1. The molecule has 0 amide bonds. The number of hydrogen-bond donors (Lipinski definition) is 1. The molecule has 1 N–H and O–H groups in total. The smallest absolute Gasteiger partial charge is 0.138 e. The maximum atomic E-state index is 5.71. The van der Waals surface area contributed by atoms with Crippen molar-refractivity contribution in [2.75, 3.05) is 11.9 Å². The van der Waals surface area contributed by atoms with Gasteiger partial charge in [-0.05, 0) is 33.3 Å². The van der Waals surface area contributed by atoms with Crippen LogP contribution in [0.2, 0.25) is 0 Å². The molecule has 2 heterocycles. The van der Waals surface area contributed by atoms with Gasteiger partial charge in [0.25, 0.3) is 0 Å². The predicted molar refractivity (Wildman–Crippen MR) is 84.6 cm³/mol. The van der Waals surface area contributed by atoms with Crippen LogP contribution in [0.3, 0.4) is 0 Å². The molecular formula is C16H22N4O. The van der Waals surface area contributed by atoms with Gasteiger partial charge in [-0.15, -0.1) is 0 Å². The number of aromatic nitrogens is 3. The van der Waals surface area contributed by atoms with Crippen LogP contribution in [-0.4, -0.2) is 27.6 Å². The van der Waals surface area contributed by atoms with Crippen LogP contribution in [0.1, 0.15) is 33.3 Å². The van der Waals surface area contributed by atoms with E-state index < -0.39 is 0 Å². The van der Waals surface area contributed by atoms with E-state index in [0.717, 1.165) is 41.4 Å². The molecule has 0 fully saturated rings. The highest BCUT2D eigenvalue weighted by Crippen LogP contribution is 2.28. The van der Waals surface area contributed by atoms with Crippen LogP contribution in [0.4, 0.5) is 5.82 Å². The fourth-order valence-corrected chi connectivity index (χ4v) is 2.20. The number of ether oxygens (including phenoxy) is 1. The molecule has 5 nitrogen and oxygen atoms in total. The summed E-state index contributed by atoms with van der Waals surface area (Å²) in [6.07, 6.45) is 6.10. The van der Waals surface area contributed by atoms with Crippen LogP contribution < -0.4 is 10.1 Å². The van der Waals surface area contributed by atoms with E-state index in [0.29, 0.717) is 0 Å². The molecule has 0 unspecified atom stereocenters. The number of rotatable bonds is 6. The molecular weight excluding hydrogens is 264 g/mol. The molecule has 0 radical (unpaired) electrons. The van der Waals surface area contributed by atoms with Gasteiger partial charge < -0.3 is 10.1 Å². The van der Waals surface area contributed by atoms with Crippen LogP contribution in [0, 0.1) is 0 Å². The summed E-state index contributed by atoms with van der Waals surface area (Å²) in [7, 11) is 0. The molecule has 2 aromatic heterocycles. The van der Waals surface area contributed by atoms with Crippen molar-refractivity contribution in [3.05, 3.63) is 30.4 Å². The molecule has 0 bridgehead atoms. The molecule has 112 valence electrons. The van der Waals surface area contributed by atoms with Crippen molar-refractivity contribution in [3.8, 4) is 17.0 Å². The second-order valence-electron chi connectivity index (χ2n) is 5.01. The Labute approximate surface area is 125 Å². The number of nitrogens with zero attached hydrogens (tertiary/aromatic N) is 3. The minimum atomic E-state index is 0.121. The standard InChI is InChI=1S/C16H22N4O/c1-5-14-15(19-10-20-16(14)18-6-2)12-7-13(9-17-8-12)21-11(3)4/h7-11H,5-6H2,1-4H3,(H,18,19,20). The van der Waals surface area contributed by atoms with E-state index in [1.165, 1.54) is 0 Å². The first-order chi connectivity index (χ1) is 10.2. The van der Waals surface area contributed by atoms with E-state index in [4.69, 9.17) is 4.74 Å². The van der Waals surface area contributed by atoms with Crippen molar-refractivity contribution in [2.24, 2.45) is 0 Å². The summed E-state index contributed by atoms with van der Waals surface area (Å²) in [6, 6.07) is 1.98. The third kappa shape index (κ3) is 3.68. The maximum Gasteiger partial charge on any atom is 0.138 e. The molecule has 0 aromatic carbocycles. The van der Waals surface area contributed by atoms with Gasteiger partial charge in [0.2, 0.25) is 0 Å². The lowest BCUT2D eigenvalue weighted by molar-refractivity contribution is 0.241. The number of nitrogens with one attached hydrogen (secondary N) is 1. The molecule has 2 aromatic rings. The monoisotopic (exact) mass is 286 g/mol. The fraction of sp³-hybridized carbons (Fsp3) is 0.438. The molecule has 21 heavy (non-hydrogen) atoms. The van der Waals surface area contributed by atoms with Crippen molar-refractivity contribution in [1.29, 1.82) is 0 Å². The zero-order valence-electron chi connectivity index (χ0n) is 13.1. The minimum Gasteiger partial charge on any atom is -0.489 e. The quantitative estimate of drug-likeness (QED) is 0.882. The van der Waals surface area contributed by atoms with Crippen LogP contribution in [-0.2, 0) is 6.42 Å². The summed E-state index contributed by atoms with van der Waals surface area (Å²) in [4.78, 5) is 13.0. The Morgan fingerprint density at radius 2 is 2.00 bits per heavy atom. The summed E-state index contributed by atoms with van der Waals surface area (Å²) in [5, 5.41) is 3.28. The maximum absolute atomic E-state index is 5.71. The Morgan fingerprint density at radius 1 is 1.19 bits per heavy atom. The first kappa shape index (κ1) is 15.2. The van der Waals surface area contributed by atoms with E-state index in [1.807, 2.05) is 26.1 Å². The highest BCUT2D eigenvalue weighted by atomic mass is 16.5. The minimum absolute atomic E-state index is 0.121. The van der Waals surface area contributed by atoms with Gasteiger partial charge in [-0.1, -0.05) is 6.92 Å². The van der Waals surface area contributed by atoms with Gasteiger partial charge in [-0.3, -0.25) is 4.98 Å². The van der Waals surface area contributed by atoms with E-state index in [9.17, 15) is 0 Å². The molecule has 0 aliphatic rings. The molecule has 0 aliphatic carbocycles. The highest BCUT2D eigenvalue weighted by Gasteiger charge is 2.12. The largest absolute Gasteiger partial charge is 0.489 e. The zero-order valence-corrected chi connectivity index (χ0v) is 13.1. The van der Waals surface area contributed by atoms with Crippen LogP contribution in [0.5, 0.6) is 5.75 Å². The first-order valence-corrected chi connectivity index (χ1v) is 7.35. The highest BCUT2D eigenvalue weighted by molar-refractivity contribution is 5.68. The molecule has 2 rings (SSSR count). The van der Waals surface area contributed by atoms with Gasteiger partial charge in [-0.25, -0.2) is 9.97 Å². The SMILES string of the molecule is CCNc1ncnc(-c2cncc(OC(C)C)c2)c1CC. The third-order valence-corrected chi connectivity index (χ3v) is 3.00. The second-order valence-corrected chi connectivity index (χ2v) is 5.01. The molecule has 0 spiro atoms. The van der Waals surface area contributed by atoms with Gasteiger partial charge in [0, 0.05) is 23.9 Å². The Balaban J connectivity index is 2.43. The van der Waals surface area contributed by atoms with E-state index in [2.05, 4.69) is 34.1 Å². The van der Waals surface area contributed by atoms with Crippen molar-refractivity contribution >= 4 is 5.82 Å². The summed E-state index contributed by atoms with van der Waals surface area (Å²) >= 11 is 0. The van der Waals surface area contributed by atoms with Gasteiger partial charge in [0.1, 0.15) is 17.9 Å². The second kappa shape index (κ2) is 7.02. The van der Waals surface area contributed by atoms with Crippen LogP contribution >= 0.6 is 0 Å². The molecule has 0 aliphatic heterocycles. The van der Waals surface area contributed by atoms with Gasteiger partial charge in [0.15, 0.2) is 0 Å². The van der Waals surface area contributed by atoms with Gasteiger partial charge >= 0.3 is 0 Å². The van der Waals surface area contributed by atoms with Crippen molar-refractivity contribution in [3.63, 3.8) is 0 Å². The van der Waals surface area contributed by atoms with Crippen molar-refractivity contribution in [1.82, 2.24) is 15.0 Å². The molecule has 0 saturated heterocycles. The van der Waals surface area contributed by atoms with Crippen molar-refractivity contribution < 1.29 is 4.74 Å². The van der Waals surface area contributed by atoms with Crippen LogP contribution in [0.15, 0.2) is 24.8 Å². The Kier molecular flexibility index (Phi) is 5.09. The van der Waals surface area contributed by atoms with E-state index in [1.54, 1.807) is 12.5 Å². The van der Waals surface area contributed by atoms with E-state index >= 15 is 0 Å². The topological polar surface area (TPSA) is 59.9 Å². The van der Waals surface area contributed by atoms with Gasteiger partial charge in [0.05, 0.1) is 18.0 Å². The summed E-state index contributed by atoms with van der Waals surface area (Å²) in [5.74, 6) is 1.65. The molecule has 0 saturated carbocycles. The molecule has 0 atom stereocenters. The summed E-state index contributed by atoms with van der Waals surface area (Å²) < 4.78 is 5.71. The lowest BCUT2D eigenvalue weighted by Crippen LogP contribution is -2.07. The Hall–Kier alpha value is -2.17. The Bertz CT molecular complexity index is 599. The van der Waals surface area contributed by atoms with Gasteiger partial charge in [-0.2, -0.15) is 0 Å². The van der Waals surface area contributed by atoms with E-state index in [-0.39, 0.29) is 6.10 Å². The normalized spacial score (nSPS) is 10.7. The number of hydrogen-bond acceptors (Lipinski definition) is 5.